The van der Waals surface area contributed by atoms with E-state index in [4.69, 9.17) is 5.11 Å². The maximum absolute atomic E-state index is 9.04. The summed E-state index contributed by atoms with van der Waals surface area (Å²) in [6.45, 7) is 12.2. The van der Waals surface area contributed by atoms with Gasteiger partial charge in [-0.2, -0.15) is 0 Å². The second-order valence-electron chi connectivity index (χ2n) is 8.34. The van der Waals surface area contributed by atoms with E-state index in [1.165, 1.54) is 44.1 Å². The Morgan fingerprint density at radius 2 is 2.00 bits per heavy atom. The molecule has 0 unspecified atom stereocenters. The van der Waals surface area contributed by atoms with Crippen LogP contribution in [0.1, 0.15) is 79.6 Å². The Morgan fingerprint density at radius 3 is 2.67 bits per heavy atom. The Balaban J connectivity index is 2.23. The summed E-state index contributed by atoms with van der Waals surface area (Å²) in [5, 5.41) is 9.04. The lowest BCUT2D eigenvalue weighted by Crippen LogP contribution is -2.45. The predicted molar refractivity (Wildman–Crippen MR) is 91.2 cm³/mol. The quantitative estimate of drug-likeness (QED) is 0.663. The number of fused-ring (bicyclic) bond motifs is 1. The summed E-state index contributed by atoms with van der Waals surface area (Å²) < 4.78 is 0. The van der Waals surface area contributed by atoms with Gasteiger partial charge in [0.2, 0.25) is 0 Å². The summed E-state index contributed by atoms with van der Waals surface area (Å²) in [7, 11) is 0. The standard InChI is InChI=1S/C20H34O/c1-15(11-14-21)7-9-17-16(2)8-10-18-19(3,4)12-6-13-20(17,18)5/h11,18,21H,6-10,12-14H2,1-5H3/b15-11+/t18-,20+/m0/s1. The highest BCUT2D eigenvalue weighted by atomic mass is 16.2. The Bertz CT molecular complexity index is 441. The van der Waals surface area contributed by atoms with Crippen LogP contribution in [0.15, 0.2) is 22.8 Å². The first kappa shape index (κ1) is 16.8. The molecule has 120 valence electrons. The van der Waals surface area contributed by atoms with Gasteiger partial charge in [-0.25, -0.2) is 0 Å². The van der Waals surface area contributed by atoms with Crippen LogP contribution in [0, 0.1) is 16.7 Å². The van der Waals surface area contributed by atoms with E-state index in [-0.39, 0.29) is 6.61 Å². The predicted octanol–water partition coefficient (Wildman–Crippen LogP) is 5.65. The van der Waals surface area contributed by atoms with E-state index < -0.39 is 0 Å². The van der Waals surface area contributed by atoms with E-state index in [1.807, 2.05) is 6.08 Å². The van der Waals surface area contributed by atoms with Gasteiger partial charge in [0.15, 0.2) is 0 Å². The van der Waals surface area contributed by atoms with Crippen molar-refractivity contribution in [1.82, 2.24) is 0 Å². The van der Waals surface area contributed by atoms with Crippen LogP contribution in [0.4, 0.5) is 0 Å². The average molecular weight is 290 g/mol. The Kier molecular flexibility index (Phi) is 5.03. The fraction of sp³-hybridized carbons (Fsp3) is 0.800. The Hall–Kier alpha value is -0.560. The molecule has 1 nitrogen and oxygen atoms in total. The molecule has 0 radical (unpaired) electrons. The summed E-state index contributed by atoms with van der Waals surface area (Å²) in [6.07, 6.45) is 11.1. The minimum absolute atomic E-state index is 0.177. The molecule has 0 aromatic heterocycles. The highest BCUT2D eigenvalue weighted by molar-refractivity contribution is 5.28. The average Bonchev–Trinajstić information content (AvgIpc) is 2.37. The SMILES string of the molecule is CC1=C(CC/C(C)=C/CO)[C@@]2(C)CCCC(C)(C)[C@@H]2CC1. The van der Waals surface area contributed by atoms with Crippen molar-refractivity contribution in [2.45, 2.75) is 79.6 Å². The minimum atomic E-state index is 0.177. The van der Waals surface area contributed by atoms with Crippen molar-refractivity contribution in [2.24, 2.45) is 16.7 Å². The van der Waals surface area contributed by atoms with Gasteiger partial charge in [0, 0.05) is 0 Å². The molecule has 1 heteroatoms. The number of aliphatic hydroxyl groups is 1. The van der Waals surface area contributed by atoms with Gasteiger partial charge in [0.1, 0.15) is 0 Å². The van der Waals surface area contributed by atoms with E-state index in [0.717, 1.165) is 12.3 Å². The molecular weight excluding hydrogens is 256 g/mol. The lowest BCUT2D eigenvalue weighted by Gasteiger charge is -2.55. The van der Waals surface area contributed by atoms with Crippen molar-refractivity contribution >= 4 is 0 Å². The van der Waals surface area contributed by atoms with Crippen LogP contribution in [0.25, 0.3) is 0 Å². The van der Waals surface area contributed by atoms with Gasteiger partial charge in [-0.15, -0.1) is 0 Å². The molecular formula is C20H34O. The molecule has 0 bridgehead atoms. The minimum Gasteiger partial charge on any atom is -0.392 e. The van der Waals surface area contributed by atoms with E-state index in [9.17, 15) is 0 Å². The number of rotatable bonds is 4. The van der Waals surface area contributed by atoms with Gasteiger partial charge in [0.05, 0.1) is 6.61 Å². The third-order valence-corrected chi connectivity index (χ3v) is 6.45. The summed E-state index contributed by atoms with van der Waals surface area (Å²) >= 11 is 0. The molecule has 0 aromatic carbocycles. The van der Waals surface area contributed by atoms with Crippen LogP contribution in [0.2, 0.25) is 0 Å². The molecule has 1 N–H and O–H groups in total. The first-order valence-corrected chi connectivity index (χ1v) is 8.77. The zero-order valence-corrected chi connectivity index (χ0v) is 14.8. The van der Waals surface area contributed by atoms with E-state index in [2.05, 4.69) is 34.6 Å². The maximum Gasteiger partial charge on any atom is 0.0614 e. The molecule has 0 spiro atoms. The van der Waals surface area contributed by atoms with Crippen molar-refractivity contribution in [3.8, 4) is 0 Å². The van der Waals surface area contributed by atoms with Crippen LogP contribution < -0.4 is 0 Å². The van der Waals surface area contributed by atoms with E-state index in [0.29, 0.717) is 10.8 Å². The van der Waals surface area contributed by atoms with Gasteiger partial charge < -0.3 is 5.11 Å². The molecule has 2 atom stereocenters. The highest BCUT2D eigenvalue weighted by Crippen LogP contribution is 2.60. The topological polar surface area (TPSA) is 20.2 Å². The lowest BCUT2D eigenvalue weighted by molar-refractivity contribution is 0.0105. The van der Waals surface area contributed by atoms with E-state index >= 15 is 0 Å². The molecule has 0 saturated heterocycles. The van der Waals surface area contributed by atoms with Gasteiger partial charge in [-0.1, -0.05) is 50.0 Å². The van der Waals surface area contributed by atoms with Gasteiger partial charge in [-0.05, 0) is 69.1 Å². The van der Waals surface area contributed by atoms with Gasteiger partial charge in [-0.3, -0.25) is 0 Å². The van der Waals surface area contributed by atoms with Crippen LogP contribution in [0.3, 0.4) is 0 Å². The van der Waals surface area contributed by atoms with Crippen LogP contribution in [-0.2, 0) is 0 Å². The van der Waals surface area contributed by atoms with Gasteiger partial charge in [0.25, 0.3) is 0 Å². The molecule has 0 heterocycles. The van der Waals surface area contributed by atoms with Crippen LogP contribution in [-0.4, -0.2) is 11.7 Å². The summed E-state index contributed by atoms with van der Waals surface area (Å²) in [5.74, 6) is 0.847. The van der Waals surface area contributed by atoms with Crippen molar-refractivity contribution in [1.29, 1.82) is 0 Å². The zero-order valence-electron chi connectivity index (χ0n) is 14.8. The van der Waals surface area contributed by atoms with Crippen molar-refractivity contribution in [3.05, 3.63) is 22.8 Å². The fourth-order valence-electron chi connectivity index (χ4n) is 5.27. The second kappa shape index (κ2) is 6.28. The third-order valence-electron chi connectivity index (χ3n) is 6.45. The van der Waals surface area contributed by atoms with Crippen molar-refractivity contribution in [3.63, 3.8) is 0 Å². The number of allylic oxidation sites excluding steroid dienone is 3. The van der Waals surface area contributed by atoms with Crippen molar-refractivity contribution < 1.29 is 5.11 Å². The molecule has 1 fully saturated rings. The van der Waals surface area contributed by atoms with E-state index in [1.54, 1.807) is 11.1 Å². The summed E-state index contributed by atoms with van der Waals surface area (Å²) in [4.78, 5) is 0. The number of hydrogen-bond donors (Lipinski definition) is 1. The highest BCUT2D eigenvalue weighted by Gasteiger charge is 2.49. The van der Waals surface area contributed by atoms with Gasteiger partial charge >= 0.3 is 0 Å². The molecule has 2 aliphatic carbocycles. The smallest absolute Gasteiger partial charge is 0.0614 e. The monoisotopic (exact) mass is 290 g/mol. The molecule has 0 aromatic rings. The first-order valence-electron chi connectivity index (χ1n) is 8.77. The number of hydrogen-bond acceptors (Lipinski definition) is 1. The first-order chi connectivity index (χ1) is 9.81. The largest absolute Gasteiger partial charge is 0.392 e. The fourth-order valence-corrected chi connectivity index (χ4v) is 5.27. The third kappa shape index (κ3) is 3.28. The van der Waals surface area contributed by atoms with Crippen LogP contribution in [0.5, 0.6) is 0 Å². The molecule has 2 aliphatic rings. The van der Waals surface area contributed by atoms with Crippen LogP contribution >= 0.6 is 0 Å². The normalized spacial score (nSPS) is 33.0. The Labute approximate surface area is 131 Å². The Morgan fingerprint density at radius 1 is 1.29 bits per heavy atom. The van der Waals surface area contributed by atoms with Crippen molar-refractivity contribution in [2.75, 3.05) is 6.61 Å². The lowest BCUT2D eigenvalue weighted by atomic mass is 9.50. The zero-order chi connectivity index (χ0) is 15.7. The molecule has 0 aliphatic heterocycles. The summed E-state index contributed by atoms with van der Waals surface area (Å²) in [6, 6.07) is 0. The molecule has 0 amide bonds. The molecule has 1 saturated carbocycles. The molecule has 21 heavy (non-hydrogen) atoms. The number of aliphatic hydroxyl groups excluding tert-OH is 1. The molecule has 2 rings (SSSR count). The second-order valence-corrected chi connectivity index (χ2v) is 8.34. The summed E-state index contributed by atoms with van der Waals surface area (Å²) in [5.41, 5.74) is 5.65. The maximum atomic E-state index is 9.04.